The lowest BCUT2D eigenvalue weighted by atomic mass is 10.5. The zero-order chi connectivity index (χ0) is 8.72. The number of halogens is 1. The molecule has 0 aromatic carbocycles. The van der Waals surface area contributed by atoms with Crippen LogP contribution in [0.5, 0.6) is 0 Å². The van der Waals surface area contributed by atoms with Crippen LogP contribution in [0, 0.1) is 0 Å². The third-order valence-electron chi connectivity index (χ3n) is 1.54. The minimum absolute atomic E-state index is 0.338. The number of rotatable bonds is 0. The lowest BCUT2D eigenvalue weighted by Gasteiger charge is -1.94. The van der Waals surface area contributed by atoms with Crippen molar-refractivity contribution in [3.63, 3.8) is 0 Å². The van der Waals surface area contributed by atoms with Gasteiger partial charge in [0.2, 0.25) is 0 Å². The predicted molar refractivity (Wildman–Crippen MR) is 43.5 cm³/mol. The SMILES string of the molecule is O=c1[nH]n2cccc2c(=O)n1Cl. The summed E-state index contributed by atoms with van der Waals surface area (Å²) in [5.41, 5.74) is -0.833. The van der Waals surface area contributed by atoms with Crippen LogP contribution in [0.3, 0.4) is 0 Å². The summed E-state index contributed by atoms with van der Waals surface area (Å²) < 4.78 is 1.83. The van der Waals surface area contributed by atoms with Crippen molar-refractivity contribution in [1.82, 2.24) is 13.7 Å². The second kappa shape index (κ2) is 2.25. The largest absolute Gasteiger partial charge is 0.358 e. The Balaban J connectivity index is 3.16. The quantitative estimate of drug-likeness (QED) is 0.618. The molecule has 2 aromatic rings. The number of H-pyrrole nitrogens is 1. The Kier molecular flexibility index (Phi) is 1.34. The maximum absolute atomic E-state index is 11.2. The smallest absolute Gasteiger partial charge is 0.265 e. The van der Waals surface area contributed by atoms with Gasteiger partial charge in [0.25, 0.3) is 5.56 Å². The Morgan fingerprint density at radius 1 is 1.42 bits per heavy atom. The molecule has 12 heavy (non-hydrogen) atoms. The average molecular weight is 186 g/mol. The van der Waals surface area contributed by atoms with E-state index >= 15 is 0 Å². The van der Waals surface area contributed by atoms with Gasteiger partial charge in [0, 0.05) is 18.0 Å². The predicted octanol–water partition coefficient (Wildman–Crippen LogP) is -0.209. The molecule has 0 spiro atoms. The molecule has 0 saturated carbocycles. The van der Waals surface area contributed by atoms with Crippen molar-refractivity contribution in [3.05, 3.63) is 39.2 Å². The van der Waals surface area contributed by atoms with Crippen molar-refractivity contribution < 1.29 is 0 Å². The first-order valence-electron chi connectivity index (χ1n) is 3.19. The van der Waals surface area contributed by atoms with Crippen molar-refractivity contribution in [2.45, 2.75) is 0 Å². The average Bonchev–Trinajstić information content (AvgIpc) is 2.48. The van der Waals surface area contributed by atoms with E-state index in [2.05, 4.69) is 5.10 Å². The molecule has 0 unspecified atom stereocenters. The van der Waals surface area contributed by atoms with Gasteiger partial charge in [-0.2, -0.15) is 4.09 Å². The van der Waals surface area contributed by atoms with Crippen molar-refractivity contribution in [3.8, 4) is 0 Å². The Morgan fingerprint density at radius 2 is 2.17 bits per heavy atom. The van der Waals surface area contributed by atoms with Crippen LogP contribution in [0.2, 0.25) is 0 Å². The van der Waals surface area contributed by atoms with Crippen LogP contribution >= 0.6 is 11.8 Å². The fourth-order valence-electron chi connectivity index (χ4n) is 0.992. The molecule has 1 N–H and O–H groups in total. The van der Waals surface area contributed by atoms with Crippen molar-refractivity contribution >= 4 is 17.3 Å². The fraction of sp³-hybridized carbons (Fsp3) is 0. The molecule has 0 aliphatic rings. The van der Waals surface area contributed by atoms with Gasteiger partial charge >= 0.3 is 5.69 Å². The highest BCUT2D eigenvalue weighted by Crippen LogP contribution is 1.92. The summed E-state index contributed by atoms with van der Waals surface area (Å²) in [6.45, 7) is 0. The third kappa shape index (κ3) is 0.799. The van der Waals surface area contributed by atoms with Gasteiger partial charge in [-0.1, -0.05) is 0 Å². The van der Waals surface area contributed by atoms with E-state index in [1.54, 1.807) is 18.3 Å². The van der Waals surface area contributed by atoms with Crippen molar-refractivity contribution in [2.24, 2.45) is 0 Å². The van der Waals surface area contributed by atoms with E-state index in [0.29, 0.717) is 9.60 Å². The normalized spacial score (nSPS) is 10.8. The highest BCUT2D eigenvalue weighted by atomic mass is 35.5. The van der Waals surface area contributed by atoms with Crippen molar-refractivity contribution in [1.29, 1.82) is 0 Å². The monoisotopic (exact) mass is 185 g/mol. The van der Waals surface area contributed by atoms with Gasteiger partial charge in [-0.25, -0.2) is 9.89 Å². The van der Waals surface area contributed by atoms with Gasteiger partial charge < -0.3 is 0 Å². The molecule has 0 bridgehead atoms. The summed E-state index contributed by atoms with van der Waals surface area (Å²) in [6.07, 6.45) is 1.56. The molecule has 62 valence electrons. The Hall–Kier alpha value is -1.49. The molecule has 2 rings (SSSR count). The van der Waals surface area contributed by atoms with Crippen LogP contribution < -0.4 is 11.2 Å². The topological polar surface area (TPSA) is 59.3 Å². The minimum Gasteiger partial charge on any atom is -0.265 e. The van der Waals surface area contributed by atoms with E-state index in [0.717, 1.165) is 0 Å². The molecule has 0 amide bonds. The molecule has 6 heteroatoms. The molecular weight excluding hydrogens is 182 g/mol. The summed E-state index contributed by atoms with van der Waals surface area (Å²) in [7, 11) is 0. The highest BCUT2D eigenvalue weighted by molar-refractivity contribution is 6.15. The fourth-order valence-corrected chi connectivity index (χ4v) is 1.12. The second-order valence-corrected chi connectivity index (χ2v) is 2.60. The Labute approximate surface area is 70.9 Å². The zero-order valence-electron chi connectivity index (χ0n) is 5.82. The molecule has 0 saturated heterocycles. The lowest BCUT2D eigenvalue weighted by molar-refractivity contribution is 0.818. The minimum atomic E-state index is -0.648. The van der Waals surface area contributed by atoms with E-state index in [1.165, 1.54) is 4.52 Å². The first kappa shape index (κ1) is 7.17. The molecule has 0 atom stereocenters. The maximum Gasteiger partial charge on any atom is 0.358 e. The van der Waals surface area contributed by atoms with E-state index in [4.69, 9.17) is 11.8 Å². The first-order chi connectivity index (χ1) is 5.70. The molecule has 5 nitrogen and oxygen atoms in total. The van der Waals surface area contributed by atoms with Gasteiger partial charge in [-0.3, -0.25) is 9.31 Å². The van der Waals surface area contributed by atoms with E-state index in [9.17, 15) is 9.59 Å². The van der Waals surface area contributed by atoms with Gasteiger partial charge in [0.15, 0.2) is 0 Å². The van der Waals surface area contributed by atoms with Gasteiger partial charge in [0.05, 0.1) is 0 Å². The molecular formula is C6H4ClN3O2. The summed E-state index contributed by atoms with van der Waals surface area (Å²) in [6, 6.07) is 3.21. The van der Waals surface area contributed by atoms with Crippen LogP contribution in [-0.2, 0) is 0 Å². The zero-order valence-corrected chi connectivity index (χ0v) is 6.58. The number of nitrogens with one attached hydrogen (secondary N) is 1. The maximum atomic E-state index is 11.2. The van der Waals surface area contributed by atoms with Crippen LogP contribution in [0.1, 0.15) is 0 Å². The first-order valence-corrected chi connectivity index (χ1v) is 3.52. The molecule has 2 heterocycles. The van der Waals surface area contributed by atoms with E-state index in [1.807, 2.05) is 0 Å². The standard InChI is InChI=1S/C6H4ClN3O2/c7-10-5(11)4-2-1-3-9(4)8-6(10)12/h1-3H,(H,8,12). The van der Waals surface area contributed by atoms with Gasteiger partial charge in [-0.05, 0) is 12.1 Å². The van der Waals surface area contributed by atoms with Crippen LogP contribution in [-0.4, -0.2) is 13.7 Å². The molecule has 0 aliphatic carbocycles. The number of aromatic amines is 1. The molecule has 0 fully saturated rings. The number of fused-ring (bicyclic) bond motifs is 1. The second-order valence-electron chi connectivity index (χ2n) is 2.27. The van der Waals surface area contributed by atoms with Gasteiger partial charge in [0.1, 0.15) is 5.52 Å². The third-order valence-corrected chi connectivity index (χ3v) is 1.85. The van der Waals surface area contributed by atoms with E-state index in [-0.39, 0.29) is 0 Å². The van der Waals surface area contributed by atoms with E-state index < -0.39 is 11.2 Å². The summed E-state index contributed by atoms with van der Waals surface area (Å²) in [4.78, 5) is 22.1. The highest BCUT2D eigenvalue weighted by Gasteiger charge is 2.03. The Morgan fingerprint density at radius 3 is 2.92 bits per heavy atom. The van der Waals surface area contributed by atoms with Crippen LogP contribution in [0.25, 0.3) is 5.52 Å². The molecule has 2 aromatic heterocycles. The Bertz CT molecular complexity index is 535. The number of nitrogens with zero attached hydrogens (tertiary/aromatic N) is 2. The number of aromatic nitrogens is 3. The molecule has 0 radical (unpaired) electrons. The number of hydrogen-bond donors (Lipinski definition) is 1. The van der Waals surface area contributed by atoms with Gasteiger partial charge in [-0.15, -0.1) is 0 Å². The van der Waals surface area contributed by atoms with Crippen molar-refractivity contribution in [2.75, 3.05) is 0 Å². The molecule has 0 aliphatic heterocycles. The lowest BCUT2D eigenvalue weighted by Crippen LogP contribution is -2.31. The summed E-state index contributed by atoms with van der Waals surface area (Å²) in [5, 5.41) is 2.37. The summed E-state index contributed by atoms with van der Waals surface area (Å²) >= 11 is 5.36. The van der Waals surface area contributed by atoms with Crippen LogP contribution in [0.15, 0.2) is 27.9 Å². The number of hydrogen-bond acceptors (Lipinski definition) is 2. The van der Waals surface area contributed by atoms with Crippen LogP contribution in [0.4, 0.5) is 0 Å². The summed E-state index contributed by atoms with van der Waals surface area (Å²) in [5.74, 6) is 0.